The summed E-state index contributed by atoms with van der Waals surface area (Å²) >= 11 is 0. The van der Waals surface area contributed by atoms with Gasteiger partial charge < -0.3 is 4.90 Å². The van der Waals surface area contributed by atoms with Gasteiger partial charge in [0, 0.05) is 35.2 Å². The van der Waals surface area contributed by atoms with Gasteiger partial charge in [-0.2, -0.15) is 20.1 Å². The van der Waals surface area contributed by atoms with Gasteiger partial charge in [0.1, 0.15) is 11.6 Å². The smallest absolute Gasteiger partial charge is 0.228 e. The first-order valence-electron chi connectivity index (χ1n) is 19.3. The highest BCUT2D eigenvalue weighted by Crippen LogP contribution is 2.43. The lowest BCUT2D eigenvalue weighted by Crippen LogP contribution is -2.64. The van der Waals surface area contributed by atoms with Crippen LogP contribution in [0.15, 0.2) is 0 Å². The zero-order valence-electron chi connectivity index (χ0n) is 33.2. The molecule has 272 valence electrons. The third kappa shape index (κ3) is 10.8. The van der Waals surface area contributed by atoms with E-state index in [1.165, 1.54) is 77.0 Å². The van der Waals surface area contributed by atoms with Gasteiger partial charge in [0.2, 0.25) is 5.95 Å². The van der Waals surface area contributed by atoms with Crippen molar-refractivity contribution in [3.8, 4) is 0 Å². The number of piperidine rings is 2. The fraction of sp³-hybridized carbons (Fsp3) is 0.923. The summed E-state index contributed by atoms with van der Waals surface area (Å²) < 4.78 is 0. The minimum atomic E-state index is -0.0464. The molecular weight excluding hydrogens is 584 g/mol. The average Bonchev–Trinajstić information content (AvgIpc) is 2.97. The monoisotopic (exact) mass is 659 g/mol. The highest BCUT2D eigenvalue weighted by Gasteiger charge is 2.49. The Hall–Kier alpha value is -1.35. The van der Waals surface area contributed by atoms with Crippen molar-refractivity contribution in [1.82, 2.24) is 25.1 Å². The first-order chi connectivity index (χ1) is 21.9. The number of aromatic nitrogens is 3. The maximum Gasteiger partial charge on any atom is 0.228 e. The first kappa shape index (κ1) is 40.1. The van der Waals surface area contributed by atoms with Gasteiger partial charge in [-0.25, -0.2) is 4.98 Å². The zero-order valence-corrected chi connectivity index (χ0v) is 33.2. The molecule has 0 N–H and O–H groups in total. The molecule has 0 unspecified atom stereocenters. The van der Waals surface area contributed by atoms with Gasteiger partial charge in [-0.05, 0) is 127 Å². The number of hydroxylamine groups is 4. The van der Waals surface area contributed by atoms with E-state index in [2.05, 4.69) is 99.3 Å². The molecule has 2 aliphatic heterocycles. The van der Waals surface area contributed by atoms with Crippen LogP contribution in [0, 0.1) is 19.8 Å². The molecule has 8 heteroatoms. The molecule has 0 bridgehead atoms. The second kappa shape index (κ2) is 16.6. The zero-order chi connectivity index (χ0) is 35.2. The summed E-state index contributed by atoms with van der Waals surface area (Å²) in [5, 5.41) is 4.65. The molecule has 2 saturated carbocycles. The average molecular weight is 659 g/mol. The van der Waals surface area contributed by atoms with Gasteiger partial charge >= 0.3 is 0 Å². The molecule has 4 aliphatic rings. The Kier molecular flexibility index (Phi) is 14.1. The van der Waals surface area contributed by atoms with Gasteiger partial charge in [0.05, 0.1) is 12.2 Å². The van der Waals surface area contributed by atoms with E-state index in [9.17, 15) is 0 Å². The van der Waals surface area contributed by atoms with E-state index in [1.807, 2.05) is 27.7 Å². The quantitative estimate of drug-likeness (QED) is 0.299. The Balaban J connectivity index is 0.000000261. The molecule has 1 aromatic rings. The standard InChI is InChI=1S/C21H37N5O.C16H31NO.C2H6/c1-15-22-16(2)24-19(23-15)25(7)17-13-20(3,4)26(21(5,6)14-17)27-18-11-9-8-10-12-18;1-13-11-15(2,3)17(16(4,5)12-13)18-14-9-7-6-8-10-14;1-2/h17-18H,8-14H2,1-7H3;13-14H,6-12H2,1-5H3;1-2H3. The van der Waals surface area contributed by atoms with Crippen LogP contribution in [0.4, 0.5) is 5.95 Å². The number of aryl methyl sites for hydroxylation is 2. The third-order valence-electron chi connectivity index (χ3n) is 10.7. The van der Waals surface area contributed by atoms with Crippen molar-refractivity contribution in [3.63, 3.8) is 0 Å². The highest BCUT2D eigenvalue weighted by atomic mass is 16.7. The maximum absolute atomic E-state index is 6.61. The molecule has 0 atom stereocenters. The van der Waals surface area contributed by atoms with Gasteiger partial charge in [0.15, 0.2) is 0 Å². The lowest BCUT2D eigenvalue weighted by atomic mass is 9.76. The second-order valence-corrected chi connectivity index (χ2v) is 17.5. The summed E-state index contributed by atoms with van der Waals surface area (Å²) in [6.45, 7) is 28.8. The number of anilines is 1. The number of hydrogen-bond donors (Lipinski definition) is 0. The van der Waals surface area contributed by atoms with Crippen LogP contribution in [0.2, 0.25) is 0 Å². The maximum atomic E-state index is 6.61. The van der Waals surface area contributed by atoms with Crippen LogP contribution in [0.1, 0.15) is 178 Å². The predicted molar refractivity (Wildman–Crippen MR) is 196 cm³/mol. The number of rotatable bonds is 6. The first-order valence-corrected chi connectivity index (χ1v) is 19.3. The molecule has 0 amide bonds. The molecule has 2 saturated heterocycles. The van der Waals surface area contributed by atoms with Crippen molar-refractivity contribution >= 4 is 5.95 Å². The van der Waals surface area contributed by atoms with E-state index in [1.54, 1.807) is 0 Å². The van der Waals surface area contributed by atoms with Gasteiger partial charge in [-0.1, -0.05) is 59.3 Å². The SMILES string of the molecule is CC.CC1CC(C)(C)N(OC2CCCCC2)C(C)(C)C1.Cc1nc(C)nc(N(C)C2CC(C)(C)N(OC3CCCCC3)C(C)(C)C2)n1. The molecule has 8 nitrogen and oxygen atoms in total. The molecule has 5 rings (SSSR count). The van der Waals surface area contributed by atoms with Crippen molar-refractivity contribution in [1.29, 1.82) is 0 Å². The Labute approximate surface area is 290 Å². The van der Waals surface area contributed by atoms with E-state index >= 15 is 0 Å². The summed E-state index contributed by atoms with van der Waals surface area (Å²) in [5.74, 6) is 3.13. The van der Waals surface area contributed by atoms with Crippen LogP contribution < -0.4 is 4.90 Å². The summed E-state index contributed by atoms with van der Waals surface area (Å²) in [4.78, 5) is 28.8. The molecule has 3 heterocycles. The predicted octanol–water partition coefficient (Wildman–Crippen LogP) is 9.78. The van der Waals surface area contributed by atoms with Crippen LogP contribution in [-0.2, 0) is 9.68 Å². The molecule has 0 aromatic carbocycles. The van der Waals surface area contributed by atoms with E-state index in [-0.39, 0.29) is 22.2 Å². The largest absolute Gasteiger partial charge is 0.341 e. The van der Waals surface area contributed by atoms with Gasteiger partial charge in [-0.15, -0.1) is 0 Å². The van der Waals surface area contributed by atoms with Crippen LogP contribution >= 0.6 is 0 Å². The minimum Gasteiger partial charge on any atom is -0.341 e. The summed E-state index contributed by atoms with van der Waals surface area (Å²) in [6.07, 6.45) is 18.2. The molecule has 1 aromatic heterocycles. The van der Waals surface area contributed by atoms with Crippen LogP contribution in [0.3, 0.4) is 0 Å². The summed E-state index contributed by atoms with van der Waals surface area (Å²) in [6, 6.07) is 0.363. The lowest BCUT2D eigenvalue weighted by Gasteiger charge is -2.56. The van der Waals surface area contributed by atoms with E-state index < -0.39 is 0 Å². The highest BCUT2D eigenvalue weighted by molar-refractivity contribution is 5.31. The molecule has 0 spiro atoms. The molecule has 0 radical (unpaired) electrons. The molecule has 4 fully saturated rings. The number of hydrogen-bond acceptors (Lipinski definition) is 8. The van der Waals surface area contributed by atoms with Crippen molar-refractivity contribution in [3.05, 3.63) is 11.6 Å². The van der Waals surface area contributed by atoms with Crippen LogP contribution in [0.25, 0.3) is 0 Å². The lowest BCUT2D eigenvalue weighted by molar-refractivity contribution is -0.313. The normalized spacial score (nSPS) is 25.7. The number of nitrogens with zero attached hydrogens (tertiary/aromatic N) is 6. The van der Waals surface area contributed by atoms with E-state index in [4.69, 9.17) is 9.68 Å². The van der Waals surface area contributed by atoms with Gasteiger partial charge in [-0.3, -0.25) is 9.68 Å². The van der Waals surface area contributed by atoms with E-state index in [0.29, 0.717) is 18.2 Å². The molecule has 2 aliphatic carbocycles. The molecular formula is C39H74N6O2. The Morgan fingerprint density at radius 1 is 0.574 bits per heavy atom. The van der Waals surface area contributed by atoms with Crippen molar-refractivity contribution in [2.24, 2.45) is 5.92 Å². The molecule has 47 heavy (non-hydrogen) atoms. The van der Waals surface area contributed by atoms with Crippen molar-refractivity contribution in [2.75, 3.05) is 11.9 Å². The topological polar surface area (TPSA) is 66.9 Å². The van der Waals surface area contributed by atoms with Crippen LogP contribution in [-0.4, -0.2) is 72.5 Å². The van der Waals surface area contributed by atoms with Gasteiger partial charge in [0.25, 0.3) is 0 Å². The van der Waals surface area contributed by atoms with Crippen molar-refractivity contribution < 1.29 is 9.68 Å². The summed E-state index contributed by atoms with van der Waals surface area (Å²) in [5.41, 5.74) is 0.238. The fourth-order valence-corrected chi connectivity index (χ4v) is 9.38. The van der Waals surface area contributed by atoms with Crippen LogP contribution in [0.5, 0.6) is 0 Å². The Morgan fingerprint density at radius 2 is 0.915 bits per heavy atom. The Bertz CT molecular complexity index is 1040. The van der Waals surface area contributed by atoms with E-state index in [0.717, 1.165) is 36.4 Å². The second-order valence-electron chi connectivity index (χ2n) is 17.5. The van der Waals surface area contributed by atoms with Crippen molar-refractivity contribution in [2.45, 2.75) is 220 Å². The Morgan fingerprint density at radius 3 is 1.28 bits per heavy atom. The summed E-state index contributed by atoms with van der Waals surface area (Å²) in [7, 11) is 2.11. The fourth-order valence-electron chi connectivity index (χ4n) is 9.38. The third-order valence-corrected chi connectivity index (χ3v) is 10.7. The minimum absolute atomic E-state index is 0.0464.